The smallest absolute Gasteiger partial charge is 0.240 e. The molecule has 1 aromatic heterocycles. The van der Waals surface area contributed by atoms with Gasteiger partial charge in [0.05, 0.1) is 6.07 Å². The number of nitriles is 1. The SMILES string of the molecule is N#CCc1nc(Cc2ccccc2)no1. The topological polar surface area (TPSA) is 62.7 Å². The first-order valence-electron chi connectivity index (χ1n) is 4.61. The summed E-state index contributed by atoms with van der Waals surface area (Å²) in [6.45, 7) is 0. The van der Waals surface area contributed by atoms with Crippen molar-refractivity contribution in [1.82, 2.24) is 10.1 Å². The molecule has 0 saturated carbocycles. The molecule has 0 unspecified atom stereocenters. The molecule has 0 N–H and O–H groups in total. The van der Waals surface area contributed by atoms with E-state index in [4.69, 9.17) is 9.78 Å². The van der Waals surface area contributed by atoms with Crippen LogP contribution in [0.1, 0.15) is 17.3 Å². The zero-order valence-electron chi connectivity index (χ0n) is 8.05. The average Bonchev–Trinajstić information content (AvgIpc) is 2.68. The minimum atomic E-state index is 0.168. The van der Waals surface area contributed by atoms with Crippen LogP contribution in [0.15, 0.2) is 34.9 Å². The molecule has 0 amide bonds. The number of aromatic nitrogens is 2. The molecule has 0 aliphatic carbocycles. The van der Waals surface area contributed by atoms with Crippen molar-refractivity contribution in [2.24, 2.45) is 0 Å². The van der Waals surface area contributed by atoms with Gasteiger partial charge in [-0.15, -0.1) is 0 Å². The lowest BCUT2D eigenvalue weighted by Gasteiger charge is -1.93. The van der Waals surface area contributed by atoms with E-state index < -0.39 is 0 Å². The van der Waals surface area contributed by atoms with Crippen LogP contribution in [0.2, 0.25) is 0 Å². The monoisotopic (exact) mass is 199 g/mol. The van der Waals surface area contributed by atoms with Gasteiger partial charge in [-0.2, -0.15) is 10.2 Å². The van der Waals surface area contributed by atoms with E-state index in [-0.39, 0.29) is 6.42 Å². The molecular formula is C11H9N3O. The Balaban J connectivity index is 2.09. The van der Waals surface area contributed by atoms with Crippen molar-refractivity contribution in [3.8, 4) is 6.07 Å². The van der Waals surface area contributed by atoms with Crippen molar-refractivity contribution in [2.45, 2.75) is 12.8 Å². The van der Waals surface area contributed by atoms with E-state index in [1.165, 1.54) is 0 Å². The second-order valence-corrected chi connectivity index (χ2v) is 3.10. The number of hydrogen-bond donors (Lipinski definition) is 0. The summed E-state index contributed by atoms with van der Waals surface area (Å²) in [5.74, 6) is 0.995. The van der Waals surface area contributed by atoms with Gasteiger partial charge in [0.2, 0.25) is 5.89 Å². The Bertz CT molecular complexity index is 470. The molecule has 0 bridgehead atoms. The molecule has 0 saturated heterocycles. The lowest BCUT2D eigenvalue weighted by Crippen LogP contribution is -1.90. The maximum absolute atomic E-state index is 8.44. The number of benzene rings is 1. The van der Waals surface area contributed by atoms with Crippen LogP contribution < -0.4 is 0 Å². The van der Waals surface area contributed by atoms with Crippen molar-refractivity contribution >= 4 is 0 Å². The van der Waals surface area contributed by atoms with Gasteiger partial charge in [0, 0.05) is 6.42 Å². The van der Waals surface area contributed by atoms with Crippen LogP contribution in [0, 0.1) is 11.3 Å². The molecule has 74 valence electrons. The molecule has 2 rings (SSSR count). The molecule has 0 aliphatic heterocycles. The molecule has 1 aromatic carbocycles. The minimum absolute atomic E-state index is 0.168. The van der Waals surface area contributed by atoms with Crippen molar-refractivity contribution in [1.29, 1.82) is 5.26 Å². The van der Waals surface area contributed by atoms with E-state index >= 15 is 0 Å². The van der Waals surface area contributed by atoms with Crippen molar-refractivity contribution in [3.63, 3.8) is 0 Å². The summed E-state index contributed by atoms with van der Waals surface area (Å²) in [4.78, 5) is 4.09. The van der Waals surface area contributed by atoms with Crippen LogP contribution in [-0.2, 0) is 12.8 Å². The van der Waals surface area contributed by atoms with Crippen molar-refractivity contribution in [2.75, 3.05) is 0 Å². The second-order valence-electron chi connectivity index (χ2n) is 3.10. The molecule has 0 aliphatic rings. The van der Waals surface area contributed by atoms with Crippen LogP contribution in [0.25, 0.3) is 0 Å². The third-order valence-corrected chi connectivity index (χ3v) is 1.95. The first-order chi connectivity index (χ1) is 7.38. The van der Waals surface area contributed by atoms with Crippen LogP contribution in [-0.4, -0.2) is 10.1 Å². The van der Waals surface area contributed by atoms with Gasteiger partial charge in [-0.05, 0) is 5.56 Å². The fourth-order valence-electron chi connectivity index (χ4n) is 1.28. The Hall–Kier alpha value is -2.15. The van der Waals surface area contributed by atoms with Crippen LogP contribution in [0.4, 0.5) is 0 Å². The molecule has 0 atom stereocenters. The zero-order chi connectivity index (χ0) is 10.5. The van der Waals surface area contributed by atoms with E-state index in [1.807, 2.05) is 36.4 Å². The normalized spacial score (nSPS) is 9.80. The fraction of sp³-hybridized carbons (Fsp3) is 0.182. The Labute approximate surface area is 87.2 Å². The standard InChI is InChI=1S/C11H9N3O/c12-7-6-11-13-10(14-15-11)8-9-4-2-1-3-5-9/h1-5H,6,8H2. The van der Waals surface area contributed by atoms with Crippen molar-refractivity contribution < 1.29 is 4.52 Å². The number of hydrogen-bond acceptors (Lipinski definition) is 4. The van der Waals surface area contributed by atoms with Crippen molar-refractivity contribution in [3.05, 3.63) is 47.6 Å². The summed E-state index contributed by atoms with van der Waals surface area (Å²) in [5, 5.41) is 12.2. The summed E-state index contributed by atoms with van der Waals surface area (Å²) < 4.78 is 4.89. The maximum atomic E-state index is 8.44. The first kappa shape index (κ1) is 9.41. The van der Waals surface area contributed by atoms with Gasteiger partial charge in [0.1, 0.15) is 6.42 Å². The van der Waals surface area contributed by atoms with Gasteiger partial charge in [-0.1, -0.05) is 35.5 Å². The Morgan fingerprint density at radius 2 is 2.07 bits per heavy atom. The number of nitrogens with zero attached hydrogens (tertiary/aromatic N) is 3. The number of rotatable bonds is 3. The van der Waals surface area contributed by atoms with Gasteiger partial charge in [-0.3, -0.25) is 0 Å². The summed E-state index contributed by atoms with van der Waals surface area (Å²) in [7, 11) is 0. The van der Waals surface area contributed by atoms with E-state index in [0.29, 0.717) is 18.1 Å². The average molecular weight is 199 g/mol. The Kier molecular flexibility index (Phi) is 2.75. The Morgan fingerprint density at radius 3 is 2.80 bits per heavy atom. The molecule has 0 fully saturated rings. The highest BCUT2D eigenvalue weighted by molar-refractivity contribution is 5.18. The quantitative estimate of drug-likeness (QED) is 0.755. The molecular weight excluding hydrogens is 190 g/mol. The largest absolute Gasteiger partial charge is 0.338 e. The summed E-state index contributed by atoms with van der Waals surface area (Å²) in [5.41, 5.74) is 1.13. The van der Waals surface area contributed by atoms with E-state index in [2.05, 4.69) is 10.1 Å². The van der Waals surface area contributed by atoms with Gasteiger partial charge in [0.25, 0.3) is 0 Å². The first-order valence-corrected chi connectivity index (χ1v) is 4.61. The molecule has 4 heteroatoms. The molecule has 1 heterocycles. The van der Waals surface area contributed by atoms with E-state index in [9.17, 15) is 0 Å². The summed E-state index contributed by atoms with van der Waals surface area (Å²) in [6, 6.07) is 11.9. The maximum Gasteiger partial charge on any atom is 0.240 e. The molecule has 2 aromatic rings. The predicted octanol–water partition coefficient (Wildman–Crippen LogP) is 1.73. The minimum Gasteiger partial charge on any atom is -0.338 e. The fourth-order valence-corrected chi connectivity index (χ4v) is 1.28. The highest BCUT2D eigenvalue weighted by Gasteiger charge is 2.05. The molecule has 15 heavy (non-hydrogen) atoms. The van der Waals surface area contributed by atoms with Gasteiger partial charge >= 0.3 is 0 Å². The second kappa shape index (κ2) is 4.38. The van der Waals surface area contributed by atoms with Gasteiger partial charge in [-0.25, -0.2) is 0 Å². The van der Waals surface area contributed by atoms with Crippen LogP contribution in [0.5, 0.6) is 0 Å². The highest BCUT2D eigenvalue weighted by Crippen LogP contribution is 2.06. The van der Waals surface area contributed by atoms with Crippen LogP contribution in [0.3, 0.4) is 0 Å². The Morgan fingerprint density at radius 1 is 1.27 bits per heavy atom. The van der Waals surface area contributed by atoms with E-state index in [1.54, 1.807) is 0 Å². The summed E-state index contributed by atoms with van der Waals surface area (Å²) in [6.07, 6.45) is 0.803. The zero-order valence-corrected chi connectivity index (χ0v) is 8.05. The highest BCUT2D eigenvalue weighted by atomic mass is 16.5. The molecule has 0 spiro atoms. The third-order valence-electron chi connectivity index (χ3n) is 1.95. The van der Waals surface area contributed by atoms with Gasteiger partial charge < -0.3 is 4.52 Å². The lowest BCUT2D eigenvalue weighted by molar-refractivity contribution is 0.382. The van der Waals surface area contributed by atoms with Crippen LogP contribution >= 0.6 is 0 Å². The molecule has 4 nitrogen and oxygen atoms in total. The third kappa shape index (κ3) is 2.41. The molecule has 0 radical (unpaired) electrons. The summed E-state index contributed by atoms with van der Waals surface area (Å²) >= 11 is 0. The lowest BCUT2D eigenvalue weighted by atomic mass is 10.1. The van der Waals surface area contributed by atoms with Gasteiger partial charge in [0.15, 0.2) is 5.82 Å². The predicted molar refractivity (Wildman–Crippen MR) is 52.9 cm³/mol. The van der Waals surface area contributed by atoms with E-state index in [0.717, 1.165) is 5.56 Å².